The highest BCUT2D eigenvalue weighted by molar-refractivity contribution is 6.33. The molecule has 1 aliphatic rings. The molecule has 0 bridgehead atoms. The van der Waals surface area contributed by atoms with Gasteiger partial charge >= 0.3 is 0 Å². The maximum Gasteiger partial charge on any atom is 0.255 e. The number of ether oxygens (including phenoxy) is 1. The highest BCUT2D eigenvalue weighted by Gasteiger charge is 2.26. The van der Waals surface area contributed by atoms with Crippen molar-refractivity contribution >= 4 is 17.5 Å². The molecule has 24 heavy (non-hydrogen) atoms. The first-order chi connectivity index (χ1) is 11.5. The average molecular weight is 349 g/mol. The number of benzene rings is 1. The lowest BCUT2D eigenvalue weighted by atomic mass is 10.1. The van der Waals surface area contributed by atoms with Crippen LogP contribution < -0.4 is 4.74 Å². The van der Waals surface area contributed by atoms with E-state index in [4.69, 9.17) is 16.3 Å². The summed E-state index contributed by atoms with van der Waals surface area (Å²) in [6.45, 7) is 3.06. The normalized spacial score (nSPS) is 15.4. The third kappa shape index (κ3) is 3.85. The molecule has 0 atom stereocenters. The monoisotopic (exact) mass is 348 g/mol. The molecule has 1 aliphatic heterocycles. The van der Waals surface area contributed by atoms with Crippen molar-refractivity contribution in [1.82, 2.24) is 9.88 Å². The predicted octanol–water partition coefficient (Wildman–Crippen LogP) is 3.87. The molecule has 4 nitrogen and oxygen atoms in total. The average Bonchev–Trinajstić information content (AvgIpc) is 2.55. The first-order valence-electron chi connectivity index (χ1n) is 7.87. The summed E-state index contributed by atoms with van der Waals surface area (Å²) in [5, 5.41) is 0.141. The Morgan fingerprint density at radius 2 is 2.04 bits per heavy atom. The Balaban J connectivity index is 1.59. The van der Waals surface area contributed by atoms with Crippen LogP contribution in [0.15, 0.2) is 36.4 Å². The van der Waals surface area contributed by atoms with Crippen LogP contribution >= 0.6 is 11.6 Å². The molecule has 2 heterocycles. The number of hydrogen-bond acceptors (Lipinski definition) is 3. The molecule has 1 saturated heterocycles. The zero-order valence-corrected chi connectivity index (χ0v) is 14.1. The summed E-state index contributed by atoms with van der Waals surface area (Å²) in [4.78, 5) is 18.6. The SMILES string of the molecule is Cc1cccc(OC2CCN(C(=O)c3ccc(F)cc3Cl)CC2)n1. The van der Waals surface area contributed by atoms with Crippen molar-refractivity contribution in [2.24, 2.45) is 0 Å². The number of carbonyl (C=O) groups is 1. The number of piperidine rings is 1. The molecule has 1 aromatic heterocycles. The van der Waals surface area contributed by atoms with Gasteiger partial charge in [-0.1, -0.05) is 17.7 Å². The first kappa shape index (κ1) is 16.7. The molecular weight excluding hydrogens is 331 g/mol. The lowest BCUT2D eigenvalue weighted by molar-refractivity contribution is 0.0588. The van der Waals surface area contributed by atoms with Gasteiger partial charge in [0, 0.05) is 37.7 Å². The van der Waals surface area contributed by atoms with Gasteiger partial charge in [-0.05, 0) is 31.2 Å². The summed E-state index contributed by atoms with van der Waals surface area (Å²) in [6.07, 6.45) is 1.48. The van der Waals surface area contributed by atoms with E-state index in [-0.39, 0.29) is 17.0 Å². The summed E-state index contributed by atoms with van der Waals surface area (Å²) in [5.41, 5.74) is 1.24. The molecule has 1 amide bonds. The molecular formula is C18H18ClFN2O2. The number of nitrogens with zero attached hydrogens (tertiary/aromatic N) is 2. The van der Waals surface area contributed by atoms with E-state index in [0.29, 0.717) is 24.5 Å². The zero-order chi connectivity index (χ0) is 17.1. The molecule has 126 valence electrons. The number of halogens is 2. The molecule has 0 saturated carbocycles. The van der Waals surface area contributed by atoms with Crippen molar-refractivity contribution in [3.8, 4) is 5.88 Å². The lowest BCUT2D eigenvalue weighted by Crippen LogP contribution is -2.42. The Kier molecular flexibility index (Phi) is 5.00. The number of carbonyl (C=O) groups excluding carboxylic acids is 1. The van der Waals surface area contributed by atoms with Crippen LogP contribution in [0.25, 0.3) is 0 Å². The predicted molar refractivity (Wildman–Crippen MR) is 89.9 cm³/mol. The van der Waals surface area contributed by atoms with Crippen LogP contribution in [0, 0.1) is 12.7 Å². The Morgan fingerprint density at radius 1 is 1.29 bits per heavy atom. The van der Waals surface area contributed by atoms with E-state index in [9.17, 15) is 9.18 Å². The number of pyridine rings is 1. The van der Waals surface area contributed by atoms with E-state index in [0.717, 1.165) is 24.6 Å². The Bertz CT molecular complexity index is 746. The largest absolute Gasteiger partial charge is 0.474 e. The fourth-order valence-electron chi connectivity index (χ4n) is 2.76. The van der Waals surface area contributed by atoms with Crippen LogP contribution in [-0.2, 0) is 0 Å². The molecule has 0 aliphatic carbocycles. The Labute approximate surface area is 145 Å². The minimum absolute atomic E-state index is 0.0343. The smallest absolute Gasteiger partial charge is 0.255 e. The van der Waals surface area contributed by atoms with Gasteiger partial charge in [0.1, 0.15) is 11.9 Å². The van der Waals surface area contributed by atoms with Crippen LogP contribution in [0.3, 0.4) is 0 Å². The third-order valence-electron chi connectivity index (χ3n) is 4.04. The first-order valence-corrected chi connectivity index (χ1v) is 8.25. The molecule has 1 aromatic carbocycles. The Morgan fingerprint density at radius 3 is 2.71 bits per heavy atom. The van der Waals surface area contributed by atoms with Crippen molar-refractivity contribution in [2.75, 3.05) is 13.1 Å². The van der Waals surface area contributed by atoms with Gasteiger partial charge in [0.25, 0.3) is 5.91 Å². The summed E-state index contributed by atoms with van der Waals surface area (Å²) < 4.78 is 19.0. The van der Waals surface area contributed by atoms with E-state index in [1.807, 2.05) is 25.1 Å². The molecule has 0 unspecified atom stereocenters. The third-order valence-corrected chi connectivity index (χ3v) is 4.35. The van der Waals surface area contributed by atoms with Gasteiger partial charge in [0.2, 0.25) is 5.88 Å². The number of hydrogen-bond donors (Lipinski definition) is 0. The molecule has 6 heteroatoms. The number of aromatic nitrogens is 1. The molecule has 0 radical (unpaired) electrons. The van der Waals surface area contributed by atoms with E-state index in [1.54, 1.807) is 4.90 Å². The van der Waals surface area contributed by atoms with Crippen molar-refractivity contribution in [1.29, 1.82) is 0 Å². The summed E-state index contributed by atoms with van der Waals surface area (Å²) in [6, 6.07) is 9.50. The van der Waals surface area contributed by atoms with Gasteiger partial charge in [-0.2, -0.15) is 0 Å². The highest BCUT2D eigenvalue weighted by atomic mass is 35.5. The number of rotatable bonds is 3. The highest BCUT2D eigenvalue weighted by Crippen LogP contribution is 2.23. The van der Waals surface area contributed by atoms with Crippen LogP contribution in [0.5, 0.6) is 5.88 Å². The molecule has 1 fully saturated rings. The number of likely N-dealkylation sites (tertiary alicyclic amines) is 1. The van der Waals surface area contributed by atoms with Crippen LogP contribution in [0.2, 0.25) is 5.02 Å². The van der Waals surface area contributed by atoms with Crippen molar-refractivity contribution in [2.45, 2.75) is 25.9 Å². The van der Waals surface area contributed by atoms with Gasteiger partial charge in [0.05, 0.1) is 10.6 Å². The zero-order valence-electron chi connectivity index (χ0n) is 13.3. The van der Waals surface area contributed by atoms with Crippen LogP contribution in [-0.4, -0.2) is 35.0 Å². The van der Waals surface area contributed by atoms with E-state index in [2.05, 4.69) is 4.98 Å². The van der Waals surface area contributed by atoms with Crippen LogP contribution in [0.4, 0.5) is 4.39 Å². The van der Waals surface area contributed by atoms with Crippen molar-refractivity contribution < 1.29 is 13.9 Å². The maximum atomic E-state index is 13.1. The second-order valence-corrected chi connectivity index (χ2v) is 6.26. The van der Waals surface area contributed by atoms with E-state index in [1.165, 1.54) is 12.1 Å². The van der Waals surface area contributed by atoms with E-state index < -0.39 is 5.82 Å². The fourth-order valence-corrected chi connectivity index (χ4v) is 3.01. The summed E-state index contributed by atoms with van der Waals surface area (Å²) in [7, 11) is 0. The second kappa shape index (κ2) is 7.18. The molecule has 0 spiro atoms. The number of amides is 1. The Hall–Kier alpha value is -2.14. The standard InChI is InChI=1S/C18H18ClFN2O2/c1-12-3-2-4-17(21-12)24-14-7-9-22(10-8-14)18(23)15-6-5-13(20)11-16(15)19/h2-6,11,14H,7-10H2,1H3. The topological polar surface area (TPSA) is 42.4 Å². The molecule has 0 N–H and O–H groups in total. The van der Waals surface area contributed by atoms with Gasteiger partial charge in [0.15, 0.2) is 0 Å². The van der Waals surface area contributed by atoms with Gasteiger partial charge < -0.3 is 9.64 Å². The van der Waals surface area contributed by atoms with Gasteiger partial charge in [-0.3, -0.25) is 4.79 Å². The summed E-state index contributed by atoms with van der Waals surface area (Å²) >= 11 is 5.97. The molecule has 3 rings (SSSR count). The minimum atomic E-state index is -0.450. The maximum absolute atomic E-state index is 13.1. The van der Waals surface area contributed by atoms with Crippen molar-refractivity contribution in [3.05, 3.63) is 58.5 Å². The lowest BCUT2D eigenvalue weighted by Gasteiger charge is -2.32. The molecule has 2 aromatic rings. The van der Waals surface area contributed by atoms with E-state index >= 15 is 0 Å². The van der Waals surface area contributed by atoms with Gasteiger partial charge in [-0.15, -0.1) is 0 Å². The van der Waals surface area contributed by atoms with Crippen LogP contribution in [0.1, 0.15) is 28.9 Å². The van der Waals surface area contributed by atoms with Crippen molar-refractivity contribution in [3.63, 3.8) is 0 Å². The second-order valence-electron chi connectivity index (χ2n) is 5.85. The fraction of sp³-hybridized carbons (Fsp3) is 0.333. The quantitative estimate of drug-likeness (QED) is 0.845. The van der Waals surface area contributed by atoms with Gasteiger partial charge in [-0.25, -0.2) is 9.37 Å². The number of aryl methyl sites for hydroxylation is 1. The minimum Gasteiger partial charge on any atom is -0.474 e. The summed E-state index contributed by atoms with van der Waals surface area (Å²) in [5.74, 6) is -0.0113.